The summed E-state index contributed by atoms with van der Waals surface area (Å²) >= 11 is 7.34. The summed E-state index contributed by atoms with van der Waals surface area (Å²) in [6.07, 6.45) is -5.34. The number of anilines is 2. The highest BCUT2D eigenvalue weighted by Gasteiger charge is 2.55. The Hall–Kier alpha value is -8.08. The van der Waals surface area contributed by atoms with Crippen molar-refractivity contribution in [1.29, 1.82) is 0 Å². The monoisotopic (exact) mass is 1340 g/mol. The van der Waals surface area contributed by atoms with Crippen LogP contribution >= 0.6 is 18.5 Å². The van der Waals surface area contributed by atoms with E-state index in [4.69, 9.17) is 53.9 Å². The first kappa shape index (κ1) is 66.4. The molecular weight excluding hydrogens is 1270 g/mol. The Kier molecular flexibility index (Phi) is 19.6. The van der Waals surface area contributed by atoms with Crippen molar-refractivity contribution in [3.05, 3.63) is 197 Å². The van der Waals surface area contributed by atoms with Crippen LogP contribution in [0.5, 0.6) is 11.5 Å². The zero-order chi connectivity index (χ0) is 66.0. The Morgan fingerprint density at radius 2 is 1.33 bits per heavy atom. The summed E-state index contributed by atoms with van der Waals surface area (Å²) in [5.74, 6) is -1.10. The summed E-state index contributed by atoms with van der Waals surface area (Å²) in [6, 6.07) is 41.4. The molecule has 4 aromatic heterocycles. The second-order valence-electron chi connectivity index (χ2n) is 24.1. The summed E-state index contributed by atoms with van der Waals surface area (Å²) in [5.41, 5.74) is 0.910. The maximum Gasteiger partial charge on any atom is 0.338 e. The lowest BCUT2D eigenvalue weighted by atomic mass is 9.80. The van der Waals surface area contributed by atoms with Crippen molar-refractivity contribution in [1.82, 2.24) is 39.0 Å². The smallest absolute Gasteiger partial charge is 0.338 e. The summed E-state index contributed by atoms with van der Waals surface area (Å²) in [4.78, 5) is 91.9. The van der Waals surface area contributed by atoms with Crippen LogP contribution in [-0.4, -0.2) is 133 Å². The first-order valence-electron chi connectivity index (χ1n) is 29.8. The van der Waals surface area contributed by atoms with Crippen LogP contribution in [0.4, 0.5) is 16.2 Å². The minimum Gasteiger partial charge on any atom is -0.497 e. The molecule has 11 rings (SSSR count). The van der Waals surface area contributed by atoms with Crippen LogP contribution in [0.2, 0.25) is 18.1 Å². The van der Waals surface area contributed by atoms with Gasteiger partial charge in [0.25, 0.3) is 11.5 Å². The summed E-state index contributed by atoms with van der Waals surface area (Å²) in [7, 11) is 0.260. The number of nitrogens with zero attached hydrogens (tertiary/aromatic N) is 7. The number of hydrogen-bond donors (Lipinski definition) is 4. The number of hydrogen-bond acceptors (Lipinski definition) is 19. The highest BCUT2D eigenvalue weighted by atomic mass is 32.5. The van der Waals surface area contributed by atoms with Gasteiger partial charge in [-0.25, -0.2) is 29.1 Å². The van der Waals surface area contributed by atoms with Crippen LogP contribution in [0.3, 0.4) is 0 Å². The number of nitrogens with one attached hydrogen (secondary N) is 3. The van der Waals surface area contributed by atoms with Gasteiger partial charge in [0.15, 0.2) is 55.0 Å². The second kappa shape index (κ2) is 27.5. The minimum absolute atomic E-state index is 0.0358. The molecule has 9 aromatic rings. The van der Waals surface area contributed by atoms with E-state index in [-0.39, 0.29) is 46.3 Å². The van der Waals surface area contributed by atoms with Gasteiger partial charge in [0, 0.05) is 11.5 Å². The van der Waals surface area contributed by atoms with E-state index in [0.717, 1.165) is 16.7 Å². The Balaban J connectivity index is 0.980. The van der Waals surface area contributed by atoms with Crippen molar-refractivity contribution in [2.75, 3.05) is 38.1 Å². The van der Waals surface area contributed by atoms with E-state index in [2.05, 4.69) is 69.4 Å². The molecule has 486 valence electrons. The lowest BCUT2D eigenvalue weighted by Crippen LogP contribution is -2.50. The minimum atomic E-state index is -4.64. The topological polar surface area (TPSA) is 277 Å². The molecule has 0 saturated carbocycles. The second-order valence-corrected chi connectivity index (χ2v) is 33.0. The fourth-order valence-electron chi connectivity index (χ4n) is 10.8. The molecule has 0 bridgehead atoms. The number of carbonyl (C=O) groups is 3. The average molecular weight is 1340 g/mol. The van der Waals surface area contributed by atoms with E-state index in [0.29, 0.717) is 17.1 Å². The van der Waals surface area contributed by atoms with E-state index in [1.807, 2.05) is 78.9 Å². The van der Waals surface area contributed by atoms with Crippen molar-refractivity contribution in [3.8, 4) is 11.5 Å². The molecule has 2 aliphatic heterocycles. The van der Waals surface area contributed by atoms with Gasteiger partial charge >= 0.3 is 12.7 Å². The van der Waals surface area contributed by atoms with Crippen molar-refractivity contribution < 1.29 is 60.8 Å². The largest absolute Gasteiger partial charge is 0.497 e. The molecule has 9 atom stereocenters. The summed E-state index contributed by atoms with van der Waals surface area (Å²) in [6.45, 7) is 8.37. The number of esters is 1. The molecule has 2 saturated heterocycles. The highest BCUT2D eigenvalue weighted by Crippen LogP contribution is 2.57. The molecule has 2 aliphatic rings. The number of aromatic amines is 1. The van der Waals surface area contributed by atoms with Crippen LogP contribution in [0.25, 0.3) is 22.3 Å². The maximum absolute atomic E-state index is 17.5. The zero-order valence-electron chi connectivity index (χ0n) is 52.2. The molecule has 0 aliphatic carbocycles. The van der Waals surface area contributed by atoms with Gasteiger partial charge in [-0.3, -0.25) is 38.3 Å². The van der Waals surface area contributed by atoms with E-state index in [1.54, 1.807) is 81.2 Å². The maximum atomic E-state index is 17.5. The van der Waals surface area contributed by atoms with Crippen LogP contribution in [0.1, 0.15) is 83.6 Å². The number of rotatable bonds is 23. The van der Waals surface area contributed by atoms with Gasteiger partial charge in [-0.2, -0.15) is 4.98 Å². The first-order chi connectivity index (χ1) is 44.5. The molecule has 2 fully saturated rings. The molecule has 0 radical (unpaired) electrons. The van der Waals surface area contributed by atoms with Gasteiger partial charge in [0.1, 0.15) is 41.0 Å². The van der Waals surface area contributed by atoms with Crippen molar-refractivity contribution >= 4 is 90.5 Å². The molecule has 93 heavy (non-hydrogen) atoms. The van der Waals surface area contributed by atoms with Crippen molar-refractivity contribution in [2.45, 2.75) is 106 Å². The molecule has 6 heterocycles. The van der Waals surface area contributed by atoms with E-state index in [9.17, 15) is 24.1 Å². The van der Waals surface area contributed by atoms with Gasteiger partial charge in [0.2, 0.25) is 11.9 Å². The summed E-state index contributed by atoms with van der Waals surface area (Å²) < 4.78 is 72.3. The number of H-pyrrole nitrogens is 1. The van der Waals surface area contributed by atoms with Crippen molar-refractivity contribution in [3.63, 3.8) is 0 Å². The zero-order valence-corrected chi connectivity index (χ0v) is 55.8. The standard InChI is InChI=1S/C65H70FN10O13PS2Si/c1-38(2)57(77)73-63-72-56-50(59(79)74-63)70-37-76(56)61-53(52(89-93(8,9)64(3,4)5)47(92-61)34-84-65(41-23-17-12-18-24-41,42-25-29-44(82-6)30-26-42)43-27-31-45(83-7)32-28-43)88-90(81,91)85-33-46-51(87-62(80)40-21-15-11-16-22-40)48(66)60(86-46)75-36-69-49-54(67-35-68-55(49)75)71-58(78)39-19-13-10-14-20-39/h10-32,35-38,46-48,51-53,60-61H,33-34H2,1-9H3,(H,81,91)(H,67,68,71,78)(H2,72,73,74,77,79)/t46-,47-,48+,51-,52-,53-,60-,61-,90?/m1/s1. The molecule has 0 spiro atoms. The molecule has 28 heteroatoms. The Labute approximate surface area is 545 Å². The fourth-order valence-corrected chi connectivity index (χ4v) is 15.2. The Morgan fingerprint density at radius 1 is 0.753 bits per heavy atom. The number of halogens is 1. The molecular formula is C65H70FN10O13PS2Si. The number of aromatic nitrogens is 8. The summed E-state index contributed by atoms with van der Waals surface area (Å²) in [5, 5.41) is 3.30. The fraction of sp³-hybridized carbons (Fsp3) is 0.338. The van der Waals surface area contributed by atoms with E-state index < -0.39 is 109 Å². The number of amides is 2. The normalized spacial score (nSPS) is 20.8. The van der Waals surface area contributed by atoms with Crippen LogP contribution in [0.15, 0.2) is 163 Å². The third kappa shape index (κ3) is 13.9. The van der Waals surface area contributed by atoms with Crippen molar-refractivity contribution in [2.24, 2.45) is 5.92 Å². The number of carbonyl (C=O) groups excluding carboxylic acids is 3. The number of ether oxygens (including phenoxy) is 5. The lowest BCUT2D eigenvalue weighted by molar-refractivity contribution is -0.118. The highest BCUT2D eigenvalue weighted by molar-refractivity contribution is 8.07. The molecule has 5 aromatic carbocycles. The van der Waals surface area contributed by atoms with Gasteiger partial charge in [-0.1, -0.05) is 126 Å². The number of thioether (sulfide) groups is 1. The number of benzene rings is 5. The van der Waals surface area contributed by atoms with E-state index in [1.165, 1.54) is 47.4 Å². The van der Waals surface area contributed by atoms with Gasteiger partial charge < -0.3 is 42.8 Å². The van der Waals surface area contributed by atoms with Gasteiger partial charge in [-0.05, 0) is 95.2 Å². The number of imidazole rings is 2. The third-order valence-corrected chi connectivity index (χ3v) is 24.3. The predicted molar refractivity (Wildman–Crippen MR) is 354 cm³/mol. The number of alkyl halides is 1. The molecule has 2 amide bonds. The van der Waals surface area contributed by atoms with Gasteiger partial charge in [0.05, 0.1) is 57.0 Å². The third-order valence-electron chi connectivity index (χ3n) is 16.7. The van der Waals surface area contributed by atoms with Gasteiger partial charge in [-0.15, -0.1) is 11.8 Å². The molecule has 23 nitrogen and oxygen atoms in total. The molecule has 1 unspecified atom stereocenters. The Bertz CT molecular complexity index is 4200. The average Bonchev–Trinajstić information content (AvgIpc) is 1.75. The van der Waals surface area contributed by atoms with Crippen LogP contribution in [-0.2, 0) is 49.9 Å². The molecule has 4 N–H and O–H groups in total. The Morgan fingerprint density at radius 3 is 1.94 bits per heavy atom. The van der Waals surface area contributed by atoms with Crippen LogP contribution < -0.4 is 25.7 Å². The number of methoxy groups -OCH3 is 2. The lowest BCUT2D eigenvalue weighted by Gasteiger charge is -2.42. The predicted octanol–water partition coefficient (Wildman–Crippen LogP) is 10.9. The first-order valence-corrected chi connectivity index (χ1v) is 36.3. The van der Waals surface area contributed by atoms with Crippen LogP contribution in [0, 0.1) is 5.92 Å². The SMILES string of the molecule is COc1ccc(C(OC[C@H]2S[C@@H](n3cnc4c(=O)[nH]c(NC(=O)C(C)C)nc43)[C@H](OP(O)(=S)OC[C@H]3O[C@@H](n4cnc5c(NC(=O)c6ccccc6)ncnc54)[C@@H](F)[C@@H]3OC(=O)c3ccccc3)[C@@H]2O[Si](C)(C)C(C)(C)C)(c2ccccc2)c2ccc(OC)cc2)cc1. The van der Waals surface area contributed by atoms with E-state index >= 15 is 4.39 Å². The quantitative estimate of drug-likeness (QED) is 0.0200. The number of fused-ring (bicyclic) bond motifs is 2.